The van der Waals surface area contributed by atoms with Gasteiger partial charge in [-0.15, -0.1) is 0 Å². The normalized spacial score (nSPS) is 24.3. The Morgan fingerprint density at radius 3 is 2.74 bits per heavy atom. The molecule has 1 aromatic rings. The third-order valence-electron chi connectivity index (χ3n) is 4.60. The minimum Gasteiger partial charge on any atom is -0.379 e. The van der Waals surface area contributed by atoms with Crippen LogP contribution >= 0.6 is 0 Å². The molecule has 1 saturated heterocycles. The number of nitrogens with zero attached hydrogens (tertiary/aromatic N) is 2. The Morgan fingerprint density at radius 1 is 1.35 bits per heavy atom. The Kier molecular flexibility index (Phi) is 5.13. The summed E-state index contributed by atoms with van der Waals surface area (Å²) in [6.07, 6.45) is 0.925. The first-order valence-corrected chi connectivity index (χ1v) is 8.20. The van der Waals surface area contributed by atoms with Crippen molar-refractivity contribution in [3.05, 3.63) is 35.6 Å². The van der Waals surface area contributed by atoms with Gasteiger partial charge in [0.15, 0.2) is 0 Å². The van der Waals surface area contributed by atoms with E-state index in [2.05, 4.69) is 10.2 Å². The highest BCUT2D eigenvalue weighted by atomic mass is 19.1. The lowest BCUT2D eigenvalue weighted by atomic mass is 10.1. The molecule has 0 unspecified atom stereocenters. The van der Waals surface area contributed by atoms with Crippen LogP contribution in [0.3, 0.4) is 0 Å². The summed E-state index contributed by atoms with van der Waals surface area (Å²) < 4.78 is 18.3. The second kappa shape index (κ2) is 7.27. The molecule has 3 rings (SSSR count). The zero-order valence-corrected chi connectivity index (χ0v) is 13.5. The zero-order valence-electron chi connectivity index (χ0n) is 13.5. The highest BCUT2D eigenvalue weighted by Gasteiger charge is 2.39. The van der Waals surface area contributed by atoms with Gasteiger partial charge in [0.2, 0.25) is 0 Å². The molecule has 1 aromatic carbocycles. The number of nitrogens with one attached hydrogen (secondary N) is 1. The number of halogens is 1. The van der Waals surface area contributed by atoms with E-state index in [1.807, 2.05) is 7.05 Å². The van der Waals surface area contributed by atoms with Gasteiger partial charge >= 0.3 is 6.03 Å². The summed E-state index contributed by atoms with van der Waals surface area (Å²) in [6, 6.07) is 6.68. The Bertz CT molecular complexity index is 531. The van der Waals surface area contributed by atoms with Crippen molar-refractivity contribution in [3.63, 3.8) is 0 Å². The lowest BCUT2D eigenvalue weighted by molar-refractivity contribution is 0.0357. The topological polar surface area (TPSA) is 44.8 Å². The maximum Gasteiger partial charge on any atom is 0.317 e. The fraction of sp³-hybridized carbons (Fsp3) is 0.588. The van der Waals surface area contributed by atoms with Gasteiger partial charge in [-0.05, 0) is 24.1 Å². The van der Waals surface area contributed by atoms with Gasteiger partial charge in [-0.1, -0.05) is 12.1 Å². The van der Waals surface area contributed by atoms with E-state index < -0.39 is 0 Å². The van der Waals surface area contributed by atoms with Crippen LogP contribution in [-0.2, 0) is 4.74 Å². The number of carbonyl (C=O) groups excluding carboxylic acids is 1. The third kappa shape index (κ3) is 4.42. The lowest BCUT2D eigenvalue weighted by Crippen LogP contribution is -2.45. The summed E-state index contributed by atoms with van der Waals surface area (Å²) in [7, 11) is 1.82. The van der Waals surface area contributed by atoms with E-state index in [9.17, 15) is 9.18 Å². The summed E-state index contributed by atoms with van der Waals surface area (Å²) in [5, 5.41) is 3.05. The van der Waals surface area contributed by atoms with Crippen LogP contribution in [0.2, 0.25) is 0 Å². The molecule has 2 fully saturated rings. The lowest BCUT2D eigenvalue weighted by Gasteiger charge is -2.28. The van der Waals surface area contributed by atoms with E-state index >= 15 is 0 Å². The van der Waals surface area contributed by atoms with Crippen LogP contribution in [0.15, 0.2) is 24.3 Å². The molecule has 1 saturated carbocycles. The second-order valence-electron chi connectivity index (χ2n) is 6.33. The molecule has 2 amide bonds. The first-order chi connectivity index (χ1) is 11.1. The van der Waals surface area contributed by atoms with Crippen molar-refractivity contribution in [2.45, 2.75) is 18.4 Å². The minimum absolute atomic E-state index is 0.0344. The number of hydrogen-bond donors (Lipinski definition) is 1. The number of amides is 2. The van der Waals surface area contributed by atoms with Crippen molar-refractivity contribution in [1.29, 1.82) is 0 Å². The summed E-state index contributed by atoms with van der Waals surface area (Å²) in [5.41, 5.74) is 1.09. The molecule has 1 heterocycles. The molecule has 1 aliphatic heterocycles. The molecular weight excluding hydrogens is 297 g/mol. The summed E-state index contributed by atoms with van der Waals surface area (Å²) in [5.74, 6) is 0.0880. The van der Waals surface area contributed by atoms with Crippen LogP contribution < -0.4 is 5.32 Å². The van der Waals surface area contributed by atoms with E-state index in [-0.39, 0.29) is 17.9 Å². The molecule has 2 aliphatic rings. The second-order valence-corrected chi connectivity index (χ2v) is 6.33. The van der Waals surface area contributed by atoms with Gasteiger partial charge in [0.1, 0.15) is 5.82 Å². The molecule has 6 heteroatoms. The first-order valence-electron chi connectivity index (χ1n) is 8.20. The highest BCUT2D eigenvalue weighted by Crippen LogP contribution is 2.40. The predicted molar refractivity (Wildman–Crippen MR) is 86.0 cm³/mol. The van der Waals surface area contributed by atoms with Crippen LogP contribution in [-0.4, -0.2) is 68.3 Å². The van der Waals surface area contributed by atoms with Gasteiger partial charge in [-0.25, -0.2) is 9.18 Å². The van der Waals surface area contributed by atoms with Gasteiger partial charge in [0.25, 0.3) is 0 Å². The van der Waals surface area contributed by atoms with Crippen LogP contribution in [0.1, 0.15) is 17.9 Å². The van der Waals surface area contributed by atoms with Crippen molar-refractivity contribution in [3.8, 4) is 0 Å². The minimum atomic E-state index is -0.224. The highest BCUT2D eigenvalue weighted by molar-refractivity contribution is 5.74. The van der Waals surface area contributed by atoms with Crippen LogP contribution in [0.4, 0.5) is 9.18 Å². The third-order valence-corrected chi connectivity index (χ3v) is 4.60. The molecule has 23 heavy (non-hydrogen) atoms. The largest absolute Gasteiger partial charge is 0.379 e. The standard InChI is InChI=1S/C17H24FN3O2/c1-20(6-7-21-8-10-23-11-9-21)17(22)19-16-12-15(16)13-2-4-14(18)5-3-13/h2-5,15-16H,6-12H2,1H3,(H,19,22)/t15-,16+/m1/s1. The summed E-state index contributed by atoms with van der Waals surface area (Å²) in [6.45, 7) is 5.00. The average Bonchev–Trinajstić information content (AvgIpc) is 3.33. The number of carbonyl (C=O) groups is 1. The summed E-state index contributed by atoms with van der Waals surface area (Å²) >= 11 is 0. The van der Waals surface area contributed by atoms with E-state index in [1.165, 1.54) is 12.1 Å². The van der Waals surface area contributed by atoms with E-state index in [1.54, 1.807) is 17.0 Å². The molecule has 0 aromatic heterocycles. The fourth-order valence-electron chi connectivity index (χ4n) is 2.92. The van der Waals surface area contributed by atoms with Crippen molar-refractivity contribution < 1.29 is 13.9 Å². The smallest absolute Gasteiger partial charge is 0.317 e. The van der Waals surface area contributed by atoms with Crippen LogP contribution in [0, 0.1) is 5.82 Å². The number of morpholine rings is 1. The average molecular weight is 321 g/mol. The Balaban J connectivity index is 1.40. The maximum absolute atomic E-state index is 12.9. The Hall–Kier alpha value is -1.66. The number of likely N-dealkylation sites (N-methyl/N-ethyl adjacent to an activating group) is 1. The monoisotopic (exact) mass is 321 g/mol. The van der Waals surface area contributed by atoms with Crippen molar-refractivity contribution in [1.82, 2.24) is 15.1 Å². The van der Waals surface area contributed by atoms with Gasteiger partial charge in [-0.3, -0.25) is 4.90 Å². The van der Waals surface area contributed by atoms with E-state index in [4.69, 9.17) is 4.74 Å². The van der Waals surface area contributed by atoms with Gasteiger partial charge in [0, 0.05) is 45.2 Å². The van der Waals surface area contributed by atoms with Crippen LogP contribution in [0.25, 0.3) is 0 Å². The van der Waals surface area contributed by atoms with Crippen molar-refractivity contribution >= 4 is 6.03 Å². The SMILES string of the molecule is CN(CCN1CCOCC1)C(=O)N[C@H]1C[C@@H]1c1ccc(F)cc1. The molecule has 0 spiro atoms. The number of rotatable bonds is 5. The maximum atomic E-state index is 12.9. The molecule has 1 aliphatic carbocycles. The number of benzene rings is 1. The molecule has 5 nitrogen and oxygen atoms in total. The molecule has 126 valence electrons. The molecule has 1 N–H and O–H groups in total. The van der Waals surface area contributed by atoms with Crippen molar-refractivity contribution in [2.24, 2.45) is 0 Å². The first kappa shape index (κ1) is 16.2. The van der Waals surface area contributed by atoms with E-state index in [0.29, 0.717) is 12.5 Å². The Labute approximate surface area is 136 Å². The Morgan fingerprint density at radius 2 is 2.04 bits per heavy atom. The number of urea groups is 1. The summed E-state index contributed by atoms with van der Waals surface area (Å²) in [4.78, 5) is 16.3. The quantitative estimate of drug-likeness (QED) is 0.897. The zero-order chi connectivity index (χ0) is 16.2. The molecule has 0 bridgehead atoms. The van der Waals surface area contributed by atoms with Gasteiger partial charge < -0.3 is 15.0 Å². The predicted octanol–water partition coefficient (Wildman–Crippen LogP) is 1.66. The molecular formula is C17H24FN3O2. The van der Waals surface area contributed by atoms with Crippen LogP contribution in [0.5, 0.6) is 0 Å². The number of ether oxygens (including phenoxy) is 1. The van der Waals surface area contributed by atoms with Gasteiger partial charge in [0.05, 0.1) is 13.2 Å². The van der Waals surface area contributed by atoms with E-state index in [0.717, 1.165) is 44.8 Å². The van der Waals surface area contributed by atoms with Gasteiger partial charge in [-0.2, -0.15) is 0 Å². The number of hydrogen-bond acceptors (Lipinski definition) is 3. The molecule has 2 atom stereocenters. The molecule has 0 radical (unpaired) electrons. The fourth-order valence-corrected chi connectivity index (χ4v) is 2.92. The van der Waals surface area contributed by atoms with Crippen molar-refractivity contribution in [2.75, 3.05) is 46.4 Å².